The highest BCUT2D eigenvalue weighted by atomic mass is 32.2. The first kappa shape index (κ1) is 19.1. The second kappa shape index (κ2) is 7.76. The number of nitro groups is 1. The molecule has 1 aliphatic heterocycles. The van der Waals surface area contributed by atoms with E-state index in [1.54, 1.807) is 0 Å². The van der Waals surface area contributed by atoms with Crippen LogP contribution in [-0.2, 0) is 21.4 Å². The number of sulfonamides is 1. The van der Waals surface area contributed by atoms with E-state index in [1.165, 1.54) is 29.2 Å². The zero-order chi connectivity index (χ0) is 18.6. The minimum Gasteiger partial charge on any atom is -0.445 e. The van der Waals surface area contributed by atoms with Crippen LogP contribution in [0.25, 0.3) is 0 Å². The molecule has 0 radical (unpaired) electrons. The number of benzene rings is 1. The molecule has 0 bridgehead atoms. The van der Waals surface area contributed by atoms with Crippen LogP contribution in [0.5, 0.6) is 0 Å². The third-order valence-electron chi connectivity index (χ3n) is 3.83. The van der Waals surface area contributed by atoms with Crippen LogP contribution in [0.2, 0.25) is 0 Å². The lowest BCUT2D eigenvalue weighted by atomic mass is 10.2. The molecular formula is C14H19N3O7S. The number of aliphatic hydroxyl groups is 1. The molecule has 11 heteroatoms. The van der Waals surface area contributed by atoms with Crippen molar-refractivity contribution in [3.63, 3.8) is 0 Å². The summed E-state index contributed by atoms with van der Waals surface area (Å²) in [6.45, 7) is -0.200. The highest BCUT2D eigenvalue weighted by Gasteiger charge is 2.34. The largest absolute Gasteiger partial charge is 0.445 e. The van der Waals surface area contributed by atoms with E-state index in [9.17, 15) is 28.4 Å². The normalized spacial score (nSPS) is 18.8. The average molecular weight is 373 g/mol. The van der Waals surface area contributed by atoms with E-state index in [0.717, 1.165) is 10.6 Å². The molecule has 1 saturated heterocycles. The topological polar surface area (TPSA) is 130 Å². The Hall–Kier alpha value is -2.24. The molecule has 0 aromatic heterocycles. The molecule has 25 heavy (non-hydrogen) atoms. The summed E-state index contributed by atoms with van der Waals surface area (Å²) in [6, 6.07) is 4.90. The van der Waals surface area contributed by atoms with Crippen molar-refractivity contribution in [1.82, 2.24) is 9.21 Å². The van der Waals surface area contributed by atoms with Crippen molar-refractivity contribution in [1.29, 1.82) is 0 Å². The van der Waals surface area contributed by atoms with Crippen LogP contribution in [-0.4, -0.2) is 72.3 Å². The molecule has 1 aromatic rings. The van der Waals surface area contributed by atoms with Crippen LogP contribution >= 0.6 is 0 Å². The fourth-order valence-electron chi connectivity index (χ4n) is 2.54. The first-order valence-corrected chi connectivity index (χ1v) is 9.30. The van der Waals surface area contributed by atoms with Gasteiger partial charge in [0.1, 0.15) is 6.61 Å². The van der Waals surface area contributed by atoms with Crippen molar-refractivity contribution < 1.29 is 28.0 Å². The summed E-state index contributed by atoms with van der Waals surface area (Å²) in [4.78, 5) is 23.5. The zero-order valence-electron chi connectivity index (χ0n) is 13.6. The van der Waals surface area contributed by atoms with E-state index in [-0.39, 0.29) is 31.9 Å². The summed E-state index contributed by atoms with van der Waals surface area (Å²) in [7, 11) is -3.46. The Kier molecular flexibility index (Phi) is 5.93. The minimum atomic E-state index is -3.46. The van der Waals surface area contributed by atoms with Crippen molar-refractivity contribution in [2.24, 2.45) is 0 Å². The van der Waals surface area contributed by atoms with Crippen molar-refractivity contribution in [3.05, 3.63) is 39.9 Å². The number of rotatable bonds is 5. The van der Waals surface area contributed by atoms with Gasteiger partial charge in [-0.25, -0.2) is 13.2 Å². The Bertz CT molecular complexity index is 735. The number of nitrogens with zero attached hydrogens (tertiary/aromatic N) is 3. The molecule has 0 spiro atoms. The summed E-state index contributed by atoms with van der Waals surface area (Å²) < 4.78 is 29.6. The summed E-state index contributed by atoms with van der Waals surface area (Å²) in [6.07, 6.45) is 0.420. The van der Waals surface area contributed by atoms with E-state index in [1.807, 2.05) is 0 Å². The number of amides is 1. The molecule has 1 fully saturated rings. The lowest BCUT2D eigenvalue weighted by Crippen LogP contribution is -2.57. The number of aliphatic hydroxyl groups excluding tert-OH is 1. The van der Waals surface area contributed by atoms with Crippen LogP contribution in [0, 0.1) is 10.1 Å². The molecule has 1 heterocycles. The van der Waals surface area contributed by atoms with Gasteiger partial charge in [-0.05, 0) is 17.7 Å². The Morgan fingerprint density at radius 3 is 2.52 bits per heavy atom. The van der Waals surface area contributed by atoms with Crippen molar-refractivity contribution in [3.8, 4) is 0 Å². The maximum absolute atomic E-state index is 12.1. The van der Waals surface area contributed by atoms with Gasteiger partial charge in [0, 0.05) is 31.8 Å². The zero-order valence-corrected chi connectivity index (χ0v) is 14.4. The predicted molar refractivity (Wildman–Crippen MR) is 87.3 cm³/mol. The van der Waals surface area contributed by atoms with Crippen LogP contribution in [0.15, 0.2) is 24.3 Å². The molecule has 1 unspecified atom stereocenters. The Morgan fingerprint density at radius 2 is 2.00 bits per heavy atom. The molecule has 2 rings (SSSR count). The lowest BCUT2D eigenvalue weighted by molar-refractivity contribution is -0.384. The number of carbonyl (C=O) groups excluding carboxylic acids is 1. The van der Waals surface area contributed by atoms with Gasteiger partial charge in [0.15, 0.2) is 0 Å². The number of nitro benzene ring substituents is 1. The maximum Gasteiger partial charge on any atom is 0.410 e. The summed E-state index contributed by atoms with van der Waals surface area (Å²) in [5, 5.41) is 20.0. The van der Waals surface area contributed by atoms with Gasteiger partial charge in [0.2, 0.25) is 10.0 Å². The van der Waals surface area contributed by atoms with E-state index >= 15 is 0 Å². The van der Waals surface area contributed by atoms with E-state index < -0.39 is 33.7 Å². The molecule has 1 atom stereocenters. The molecule has 1 aliphatic rings. The molecule has 1 aromatic carbocycles. The van der Waals surface area contributed by atoms with Crippen LogP contribution < -0.4 is 0 Å². The predicted octanol–water partition coefficient (Wildman–Crippen LogP) is 0.170. The monoisotopic (exact) mass is 373 g/mol. The average Bonchev–Trinajstić information content (AvgIpc) is 2.58. The van der Waals surface area contributed by atoms with Crippen molar-refractivity contribution >= 4 is 21.8 Å². The molecule has 1 N–H and O–H groups in total. The Morgan fingerprint density at radius 1 is 1.36 bits per heavy atom. The van der Waals surface area contributed by atoms with Gasteiger partial charge in [-0.3, -0.25) is 10.1 Å². The summed E-state index contributed by atoms with van der Waals surface area (Å²) in [5.41, 5.74) is 0.533. The van der Waals surface area contributed by atoms with Gasteiger partial charge in [0.25, 0.3) is 5.69 Å². The smallest absolute Gasteiger partial charge is 0.410 e. The molecule has 0 aliphatic carbocycles. The summed E-state index contributed by atoms with van der Waals surface area (Å²) >= 11 is 0. The number of ether oxygens (including phenoxy) is 1. The van der Waals surface area contributed by atoms with Gasteiger partial charge in [-0.2, -0.15) is 4.31 Å². The number of carbonyl (C=O) groups is 1. The highest BCUT2D eigenvalue weighted by Crippen LogP contribution is 2.16. The molecule has 138 valence electrons. The van der Waals surface area contributed by atoms with Crippen LogP contribution in [0.1, 0.15) is 5.56 Å². The molecular weight excluding hydrogens is 354 g/mol. The molecule has 10 nitrogen and oxygen atoms in total. The highest BCUT2D eigenvalue weighted by molar-refractivity contribution is 7.88. The number of hydrogen-bond donors (Lipinski definition) is 1. The SMILES string of the molecule is CS(=O)(=O)N1CCN(C(=O)OCc2ccc([N+](=O)[O-])cc2)CC1CO. The molecule has 1 amide bonds. The third-order valence-corrected chi connectivity index (χ3v) is 5.17. The van der Waals surface area contributed by atoms with E-state index in [2.05, 4.69) is 0 Å². The van der Waals surface area contributed by atoms with Gasteiger partial charge >= 0.3 is 6.09 Å². The van der Waals surface area contributed by atoms with Crippen molar-refractivity contribution in [2.45, 2.75) is 12.6 Å². The van der Waals surface area contributed by atoms with E-state index in [0.29, 0.717) is 5.56 Å². The van der Waals surface area contributed by atoms with E-state index in [4.69, 9.17) is 4.74 Å². The first-order valence-electron chi connectivity index (χ1n) is 7.45. The van der Waals surface area contributed by atoms with Crippen LogP contribution in [0.4, 0.5) is 10.5 Å². The number of hydrogen-bond acceptors (Lipinski definition) is 7. The fourth-order valence-corrected chi connectivity index (χ4v) is 3.63. The van der Waals surface area contributed by atoms with Crippen molar-refractivity contribution in [2.75, 3.05) is 32.5 Å². The second-order valence-electron chi connectivity index (χ2n) is 5.63. The third kappa shape index (κ3) is 4.87. The minimum absolute atomic E-state index is 0.0304. The maximum atomic E-state index is 12.1. The summed E-state index contributed by atoms with van der Waals surface area (Å²) in [5.74, 6) is 0. The van der Waals surface area contributed by atoms with Gasteiger partial charge in [0.05, 0.1) is 23.8 Å². The Balaban J connectivity index is 1.92. The van der Waals surface area contributed by atoms with Crippen LogP contribution in [0.3, 0.4) is 0 Å². The molecule has 0 saturated carbocycles. The quantitative estimate of drug-likeness (QED) is 0.575. The fraction of sp³-hybridized carbons (Fsp3) is 0.500. The van der Waals surface area contributed by atoms with Gasteiger partial charge < -0.3 is 14.7 Å². The van der Waals surface area contributed by atoms with Gasteiger partial charge in [-0.1, -0.05) is 0 Å². The number of non-ortho nitro benzene ring substituents is 1. The van der Waals surface area contributed by atoms with Gasteiger partial charge in [-0.15, -0.1) is 0 Å². The Labute approximate surface area is 144 Å². The number of piperazine rings is 1. The second-order valence-corrected chi connectivity index (χ2v) is 7.57. The first-order chi connectivity index (χ1) is 11.7. The standard InChI is InChI=1S/C14H19N3O7S/c1-25(22,23)16-7-6-15(8-13(16)9-18)14(19)24-10-11-2-4-12(5-3-11)17(20)21/h2-5,13,18H,6-10H2,1H3. The lowest BCUT2D eigenvalue weighted by Gasteiger charge is -2.38.